The predicted octanol–water partition coefficient (Wildman–Crippen LogP) is 5.56. The van der Waals surface area contributed by atoms with Crippen molar-refractivity contribution in [3.8, 4) is 28.5 Å². The van der Waals surface area contributed by atoms with Gasteiger partial charge < -0.3 is 9.47 Å². The monoisotopic (exact) mass is 510 g/mol. The van der Waals surface area contributed by atoms with Crippen LogP contribution in [0.2, 0.25) is 0 Å². The Balaban J connectivity index is 1.41. The summed E-state index contributed by atoms with van der Waals surface area (Å²) >= 11 is 0. The van der Waals surface area contributed by atoms with E-state index in [1.807, 2.05) is 49.4 Å². The van der Waals surface area contributed by atoms with Crippen LogP contribution in [-0.4, -0.2) is 42.8 Å². The first-order chi connectivity index (χ1) is 18.7. The number of hydrogen-bond donors (Lipinski definition) is 1. The molecule has 3 aromatic carbocycles. The molecule has 0 spiro atoms. The summed E-state index contributed by atoms with van der Waals surface area (Å²) in [6.45, 7) is 5.26. The van der Waals surface area contributed by atoms with E-state index in [0.29, 0.717) is 31.4 Å². The molecule has 0 amide bonds. The van der Waals surface area contributed by atoms with Crippen molar-refractivity contribution < 1.29 is 14.3 Å². The van der Waals surface area contributed by atoms with Crippen molar-refractivity contribution in [3.05, 3.63) is 77.9 Å². The second-order valence-electron chi connectivity index (χ2n) is 8.94. The third-order valence-electron chi connectivity index (χ3n) is 6.34. The molecule has 0 fully saturated rings. The third kappa shape index (κ3) is 5.41. The number of aromatic nitrogens is 6. The van der Waals surface area contributed by atoms with Crippen LogP contribution in [-0.2, 0) is 22.7 Å². The molecule has 0 aliphatic carbocycles. The first-order valence-corrected chi connectivity index (χ1v) is 12.9. The van der Waals surface area contributed by atoms with Crippen LogP contribution >= 0.6 is 0 Å². The molecule has 194 valence electrons. The maximum atomic E-state index is 12.1. The fraction of sp³-hybridized carbons (Fsp3) is 0.276. The van der Waals surface area contributed by atoms with Gasteiger partial charge in [-0.05, 0) is 41.3 Å². The molecule has 0 aliphatic heterocycles. The van der Waals surface area contributed by atoms with Crippen LogP contribution in [0, 0.1) is 0 Å². The molecule has 0 radical (unpaired) electrons. The fourth-order valence-corrected chi connectivity index (χ4v) is 4.42. The lowest BCUT2D eigenvalue weighted by Crippen LogP contribution is -2.05. The standard InChI is InChI=1S/C29H30N6O3/c1-3-5-13-26(36)38-19-22-9-8-12-25-27(22)30-29(37-4-2)35(25)18-20-14-16-21(17-15-20)23-10-6-7-11-24(23)28-31-33-34-32-28/h6-12,14-17H,3-5,13,18-19H2,1-2H3,(H,31,32,33,34). The molecule has 9 heteroatoms. The van der Waals surface area contributed by atoms with E-state index in [9.17, 15) is 4.79 Å². The van der Waals surface area contributed by atoms with E-state index in [4.69, 9.17) is 14.5 Å². The number of nitrogens with zero attached hydrogens (tertiary/aromatic N) is 5. The van der Waals surface area contributed by atoms with Gasteiger partial charge in [0.05, 0.1) is 24.2 Å². The zero-order valence-corrected chi connectivity index (χ0v) is 21.6. The van der Waals surface area contributed by atoms with Gasteiger partial charge in [-0.25, -0.2) is 0 Å². The van der Waals surface area contributed by atoms with E-state index in [0.717, 1.165) is 51.7 Å². The van der Waals surface area contributed by atoms with E-state index >= 15 is 0 Å². The molecule has 38 heavy (non-hydrogen) atoms. The highest BCUT2D eigenvalue weighted by Gasteiger charge is 2.17. The van der Waals surface area contributed by atoms with Crippen molar-refractivity contribution >= 4 is 17.0 Å². The molecule has 2 heterocycles. The second kappa shape index (κ2) is 11.7. The van der Waals surface area contributed by atoms with E-state index in [1.54, 1.807) is 0 Å². The number of fused-ring (bicyclic) bond motifs is 1. The lowest BCUT2D eigenvalue weighted by molar-refractivity contribution is -0.145. The SMILES string of the molecule is CCCCC(=O)OCc1cccc2c1nc(OCC)n2Cc1ccc(-c2ccccc2-c2nn[nH]n2)cc1. The Hall–Kier alpha value is -4.53. The number of benzene rings is 3. The minimum Gasteiger partial charge on any atom is -0.465 e. The molecule has 1 N–H and O–H groups in total. The number of tetrazole rings is 1. The molecule has 0 aliphatic rings. The number of unbranched alkanes of at least 4 members (excludes halogenated alkanes) is 1. The predicted molar refractivity (Wildman–Crippen MR) is 144 cm³/mol. The van der Waals surface area contributed by atoms with Gasteiger partial charge >= 0.3 is 5.97 Å². The number of carbonyl (C=O) groups is 1. The number of aromatic amines is 1. The van der Waals surface area contributed by atoms with Gasteiger partial charge in [-0.1, -0.05) is 74.0 Å². The quantitative estimate of drug-likeness (QED) is 0.232. The second-order valence-corrected chi connectivity index (χ2v) is 8.94. The first kappa shape index (κ1) is 25.1. The van der Waals surface area contributed by atoms with Crippen LogP contribution in [0.15, 0.2) is 66.7 Å². The van der Waals surface area contributed by atoms with Crippen molar-refractivity contribution in [2.45, 2.75) is 46.3 Å². The van der Waals surface area contributed by atoms with Crippen molar-refractivity contribution in [1.29, 1.82) is 0 Å². The zero-order chi connectivity index (χ0) is 26.3. The summed E-state index contributed by atoms with van der Waals surface area (Å²) in [6.07, 6.45) is 2.22. The van der Waals surface area contributed by atoms with Gasteiger partial charge in [0.15, 0.2) is 0 Å². The highest BCUT2D eigenvalue weighted by molar-refractivity contribution is 5.82. The number of para-hydroxylation sites is 1. The Bertz CT molecular complexity index is 1510. The summed E-state index contributed by atoms with van der Waals surface area (Å²) in [6, 6.07) is 22.8. The maximum absolute atomic E-state index is 12.1. The molecule has 0 atom stereocenters. The Morgan fingerprint density at radius 2 is 1.79 bits per heavy atom. The van der Waals surface area contributed by atoms with E-state index in [-0.39, 0.29) is 12.6 Å². The molecule has 9 nitrogen and oxygen atoms in total. The number of rotatable bonds is 11. The zero-order valence-electron chi connectivity index (χ0n) is 21.6. The number of esters is 1. The molecular weight excluding hydrogens is 480 g/mol. The minimum absolute atomic E-state index is 0.186. The number of ether oxygens (including phenoxy) is 2. The number of hydrogen-bond acceptors (Lipinski definition) is 7. The summed E-state index contributed by atoms with van der Waals surface area (Å²) in [5.41, 5.74) is 6.68. The highest BCUT2D eigenvalue weighted by atomic mass is 16.5. The summed E-state index contributed by atoms with van der Waals surface area (Å²) in [5, 5.41) is 14.5. The van der Waals surface area contributed by atoms with Crippen LogP contribution in [0.3, 0.4) is 0 Å². The number of imidazole rings is 1. The smallest absolute Gasteiger partial charge is 0.306 e. The van der Waals surface area contributed by atoms with Gasteiger partial charge in [0, 0.05) is 17.5 Å². The summed E-state index contributed by atoms with van der Waals surface area (Å²) in [4.78, 5) is 16.8. The molecule has 5 rings (SSSR count). The molecular formula is C29H30N6O3. The number of nitrogens with one attached hydrogen (secondary N) is 1. The van der Waals surface area contributed by atoms with Gasteiger partial charge in [-0.2, -0.15) is 10.2 Å². The topological polar surface area (TPSA) is 108 Å². The van der Waals surface area contributed by atoms with Crippen LogP contribution in [0.4, 0.5) is 0 Å². The number of carbonyl (C=O) groups excluding carboxylic acids is 1. The Kier molecular flexibility index (Phi) is 7.73. The number of H-pyrrole nitrogens is 1. The van der Waals surface area contributed by atoms with E-state index < -0.39 is 0 Å². The molecule has 2 aromatic heterocycles. The molecule has 0 saturated heterocycles. The van der Waals surface area contributed by atoms with Crippen LogP contribution in [0.25, 0.3) is 33.5 Å². The summed E-state index contributed by atoms with van der Waals surface area (Å²) < 4.78 is 13.5. The van der Waals surface area contributed by atoms with Crippen molar-refractivity contribution in [3.63, 3.8) is 0 Å². The van der Waals surface area contributed by atoms with Crippen molar-refractivity contribution in [2.24, 2.45) is 0 Å². The van der Waals surface area contributed by atoms with Crippen LogP contribution in [0.5, 0.6) is 6.01 Å². The molecule has 0 saturated carbocycles. The Morgan fingerprint density at radius 3 is 2.53 bits per heavy atom. The average Bonchev–Trinajstić information content (AvgIpc) is 3.61. The maximum Gasteiger partial charge on any atom is 0.306 e. The van der Waals surface area contributed by atoms with Crippen molar-refractivity contribution in [2.75, 3.05) is 6.61 Å². The van der Waals surface area contributed by atoms with Gasteiger partial charge in [-0.3, -0.25) is 9.36 Å². The first-order valence-electron chi connectivity index (χ1n) is 12.9. The van der Waals surface area contributed by atoms with Gasteiger partial charge in [0.1, 0.15) is 6.61 Å². The Labute approximate surface area is 220 Å². The highest BCUT2D eigenvalue weighted by Crippen LogP contribution is 2.31. The van der Waals surface area contributed by atoms with Crippen LogP contribution < -0.4 is 4.74 Å². The fourth-order valence-electron chi connectivity index (χ4n) is 4.42. The Morgan fingerprint density at radius 1 is 0.974 bits per heavy atom. The minimum atomic E-state index is -0.186. The normalized spacial score (nSPS) is 11.1. The average molecular weight is 511 g/mol. The summed E-state index contributed by atoms with van der Waals surface area (Å²) in [5.74, 6) is 0.372. The van der Waals surface area contributed by atoms with Gasteiger partial charge in [0.25, 0.3) is 6.01 Å². The molecule has 5 aromatic rings. The molecule has 0 bridgehead atoms. The van der Waals surface area contributed by atoms with E-state index in [1.165, 1.54) is 0 Å². The largest absolute Gasteiger partial charge is 0.465 e. The van der Waals surface area contributed by atoms with E-state index in [2.05, 4.69) is 56.4 Å². The molecule has 0 unspecified atom stereocenters. The van der Waals surface area contributed by atoms with Gasteiger partial charge in [0.2, 0.25) is 5.82 Å². The third-order valence-corrected chi connectivity index (χ3v) is 6.34. The lowest BCUT2D eigenvalue weighted by Gasteiger charge is -2.11. The van der Waals surface area contributed by atoms with Crippen LogP contribution in [0.1, 0.15) is 44.2 Å². The van der Waals surface area contributed by atoms with Gasteiger partial charge in [-0.15, -0.1) is 10.2 Å². The summed E-state index contributed by atoms with van der Waals surface area (Å²) in [7, 11) is 0. The van der Waals surface area contributed by atoms with Crippen molar-refractivity contribution in [1.82, 2.24) is 30.2 Å². The lowest BCUT2D eigenvalue weighted by atomic mass is 9.98.